The van der Waals surface area contributed by atoms with E-state index in [0.717, 1.165) is 21.0 Å². The van der Waals surface area contributed by atoms with E-state index in [1.165, 1.54) is 0 Å². The third-order valence-electron chi connectivity index (χ3n) is 4.28. The summed E-state index contributed by atoms with van der Waals surface area (Å²) in [5, 5.41) is 8.61. The number of amides is 1. The number of aromatic nitrogens is 3. The van der Waals surface area contributed by atoms with Gasteiger partial charge in [-0.1, -0.05) is 30.3 Å². The molecule has 0 radical (unpaired) electrons. The maximum atomic E-state index is 12.7. The number of aromatic amines is 1. The molecule has 0 fully saturated rings. The summed E-state index contributed by atoms with van der Waals surface area (Å²) in [6.07, 6.45) is 1.61. The lowest BCUT2D eigenvalue weighted by Gasteiger charge is -2.11. The molecule has 136 valence electrons. The van der Waals surface area contributed by atoms with Crippen LogP contribution >= 0.6 is 0 Å². The zero-order valence-electron chi connectivity index (χ0n) is 14.7. The fourth-order valence-corrected chi connectivity index (χ4v) is 3.07. The molecule has 0 aliphatic carbocycles. The second kappa shape index (κ2) is 6.95. The molecule has 0 spiro atoms. The second-order valence-electron chi connectivity index (χ2n) is 6.04. The molecule has 0 saturated carbocycles. The van der Waals surface area contributed by atoms with E-state index in [2.05, 4.69) is 15.4 Å². The van der Waals surface area contributed by atoms with Crippen molar-refractivity contribution >= 4 is 33.4 Å². The molecule has 0 atom stereocenters. The Kier molecular flexibility index (Phi) is 4.33. The van der Waals surface area contributed by atoms with E-state index in [9.17, 15) is 9.59 Å². The van der Waals surface area contributed by atoms with Crippen molar-refractivity contribution in [2.75, 3.05) is 11.9 Å². The van der Waals surface area contributed by atoms with Gasteiger partial charge in [-0.15, -0.1) is 0 Å². The van der Waals surface area contributed by atoms with Crippen molar-refractivity contribution in [2.24, 2.45) is 0 Å². The average Bonchev–Trinajstić information content (AvgIpc) is 3.05. The number of carbonyl (C=O) groups is 1. The smallest absolute Gasteiger partial charge is 0.291 e. The molecule has 2 N–H and O–H groups in total. The van der Waals surface area contributed by atoms with Crippen LogP contribution in [0.4, 0.5) is 5.69 Å². The fraction of sp³-hybridized carbons (Fsp3) is 0.150. The van der Waals surface area contributed by atoms with Gasteiger partial charge in [0.1, 0.15) is 17.8 Å². The van der Waals surface area contributed by atoms with Crippen LogP contribution in [0.5, 0.6) is 5.75 Å². The van der Waals surface area contributed by atoms with E-state index in [-0.39, 0.29) is 18.0 Å². The first kappa shape index (κ1) is 16.8. The largest absolute Gasteiger partial charge is 0.492 e. The molecule has 7 heteroatoms. The summed E-state index contributed by atoms with van der Waals surface area (Å²) in [7, 11) is 0. The van der Waals surface area contributed by atoms with E-state index in [0.29, 0.717) is 23.6 Å². The highest BCUT2D eigenvalue weighted by Gasteiger charge is 2.13. The van der Waals surface area contributed by atoms with Crippen LogP contribution in [0.1, 0.15) is 6.92 Å². The molecule has 0 aliphatic heterocycles. The Morgan fingerprint density at radius 1 is 1.15 bits per heavy atom. The van der Waals surface area contributed by atoms with Crippen molar-refractivity contribution in [3.63, 3.8) is 0 Å². The number of para-hydroxylation sites is 3. The monoisotopic (exact) mass is 362 g/mol. The van der Waals surface area contributed by atoms with Gasteiger partial charge in [-0.25, -0.2) is 4.68 Å². The zero-order valence-corrected chi connectivity index (χ0v) is 14.7. The van der Waals surface area contributed by atoms with E-state index in [4.69, 9.17) is 4.74 Å². The number of hydrogen-bond acceptors (Lipinski definition) is 4. The van der Waals surface area contributed by atoms with Crippen molar-refractivity contribution in [2.45, 2.75) is 13.5 Å². The highest BCUT2D eigenvalue weighted by atomic mass is 16.5. The van der Waals surface area contributed by atoms with Crippen molar-refractivity contribution < 1.29 is 9.53 Å². The van der Waals surface area contributed by atoms with Crippen LogP contribution < -0.4 is 15.6 Å². The Hall–Kier alpha value is -3.61. The first-order valence-corrected chi connectivity index (χ1v) is 8.65. The molecule has 2 aromatic heterocycles. The Morgan fingerprint density at radius 3 is 2.78 bits per heavy atom. The summed E-state index contributed by atoms with van der Waals surface area (Å²) in [6.45, 7) is 2.17. The third kappa shape index (κ3) is 3.15. The number of nitrogens with one attached hydrogen (secondary N) is 2. The lowest BCUT2D eigenvalue weighted by molar-refractivity contribution is -0.117. The Bertz CT molecular complexity index is 1190. The number of rotatable bonds is 5. The van der Waals surface area contributed by atoms with E-state index >= 15 is 0 Å². The van der Waals surface area contributed by atoms with Crippen LogP contribution in [0.3, 0.4) is 0 Å². The normalized spacial score (nSPS) is 11.0. The first-order valence-electron chi connectivity index (χ1n) is 8.65. The second-order valence-corrected chi connectivity index (χ2v) is 6.04. The van der Waals surface area contributed by atoms with Gasteiger partial charge in [-0.3, -0.25) is 9.59 Å². The highest BCUT2D eigenvalue weighted by molar-refractivity contribution is 6.06. The summed E-state index contributed by atoms with van der Waals surface area (Å²) < 4.78 is 6.65. The number of H-pyrrole nitrogens is 1. The first-order chi connectivity index (χ1) is 13.2. The van der Waals surface area contributed by atoms with Crippen LogP contribution in [0.15, 0.2) is 59.5 Å². The van der Waals surface area contributed by atoms with Crippen LogP contribution in [-0.2, 0) is 11.3 Å². The molecule has 0 aliphatic rings. The fourth-order valence-electron chi connectivity index (χ4n) is 3.07. The molecule has 0 unspecified atom stereocenters. The molecule has 1 amide bonds. The summed E-state index contributed by atoms with van der Waals surface area (Å²) in [6, 6.07) is 14.8. The minimum atomic E-state index is -0.354. The SMILES string of the molecule is CCOc1ccccc1NC(=O)Cn1ncc2c([nH]c3ccccc32)c1=O. The van der Waals surface area contributed by atoms with Crippen LogP contribution in [-0.4, -0.2) is 27.3 Å². The lowest BCUT2D eigenvalue weighted by Crippen LogP contribution is -2.29. The minimum Gasteiger partial charge on any atom is -0.492 e. The van der Waals surface area contributed by atoms with E-state index in [1.54, 1.807) is 24.4 Å². The van der Waals surface area contributed by atoms with Crippen LogP contribution in [0.2, 0.25) is 0 Å². The molecular weight excluding hydrogens is 344 g/mol. The van der Waals surface area contributed by atoms with Crippen molar-refractivity contribution in [1.29, 1.82) is 0 Å². The molecule has 0 saturated heterocycles. The van der Waals surface area contributed by atoms with Gasteiger partial charge in [0, 0.05) is 16.3 Å². The molecule has 4 aromatic rings. The maximum Gasteiger partial charge on any atom is 0.291 e. The van der Waals surface area contributed by atoms with Gasteiger partial charge in [0.05, 0.1) is 18.5 Å². The number of carbonyl (C=O) groups excluding carboxylic acids is 1. The molecule has 0 bridgehead atoms. The lowest BCUT2D eigenvalue weighted by atomic mass is 10.2. The third-order valence-corrected chi connectivity index (χ3v) is 4.28. The molecule has 2 heterocycles. The van der Waals surface area contributed by atoms with Gasteiger partial charge in [-0.05, 0) is 25.1 Å². The van der Waals surface area contributed by atoms with Crippen molar-refractivity contribution in [3.8, 4) is 5.75 Å². The highest BCUT2D eigenvalue weighted by Crippen LogP contribution is 2.24. The molecule has 7 nitrogen and oxygen atoms in total. The topological polar surface area (TPSA) is 89.0 Å². The van der Waals surface area contributed by atoms with Crippen molar-refractivity contribution in [1.82, 2.24) is 14.8 Å². The quantitative estimate of drug-likeness (QED) is 0.571. The van der Waals surface area contributed by atoms with Gasteiger partial charge in [0.2, 0.25) is 5.91 Å². The number of anilines is 1. The number of ether oxygens (including phenoxy) is 1. The van der Waals surface area contributed by atoms with Crippen LogP contribution in [0.25, 0.3) is 21.8 Å². The van der Waals surface area contributed by atoms with Gasteiger partial charge < -0.3 is 15.0 Å². The Labute approximate surface area is 154 Å². The van der Waals surface area contributed by atoms with E-state index in [1.807, 2.05) is 37.3 Å². The summed E-state index contributed by atoms with van der Waals surface area (Å²) in [4.78, 5) is 28.3. The number of fused-ring (bicyclic) bond motifs is 3. The molecule has 2 aromatic carbocycles. The number of benzene rings is 2. The van der Waals surface area contributed by atoms with Gasteiger partial charge in [0.15, 0.2) is 0 Å². The van der Waals surface area contributed by atoms with Gasteiger partial charge >= 0.3 is 0 Å². The maximum absolute atomic E-state index is 12.7. The van der Waals surface area contributed by atoms with Crippen LogP contribution in [0, 0.1) is 0 Å². The predicted octanol–water partition coefficient (Wildman–Crippen LogP) is 2.92. The Morgan fingerprint density at radius 2 is 1.93 bits per heavy atom. The summed E-state index contributed by atoms with van der Waals surface area (Å²) in [5.74, 6) is 0.229. The minimum absolute atomic E-state index is 0.190. The molecule has 27 heavy (non-hydrogen) atoms. The summed E-state index contributed by atoms with van der Waals surface area (Å²) in [5.41, 5.74) is 1.52. The van der Waals surface area contributed by atoms with Crippen molar-refractivity contribution in [3.05, 3.63) is 65.1 Å². The molecule has 4 rings (SSSR count). The Balaban J connectivity index is 1.62. The molecular formula is C20H18N4O3. The zero-order chi connectivity index (χ0) is 18.8. The van der Waals surface area contributed by atoms with Gasteiger partial charge in [0.25, 0.3) is 5.56 Å². The summed E-state index contributed by atoms with van der Waals surface area (Å²) >= 11 is 0. The number of hydrogen-bond donors (Lipinski definition) is 2. The predicted molar refractivity (Wildman–Crippen MR) is 104 cm³/mol. The number of nitrogens with zero attached hydrogens (tertiary/aromatic N) is 2. The average molecular weight is 362 g/mol. The standard InChI is InChI=1S/C20H18N4O3/c1-2-27-17-10-6-5-9-16(17)22-18(25)12-24-20(26)19-14(11-21-24)13-7-3-4-8-15(13)23-19/h3-11,23H,2,12H2,1H3,(H,22,25). The van der Waals surface area contributed by atoms with E-state index < -0.39 is 0 Å². The van der Waals surface area contributed by atoms with Gasteiger partial charge in [-0.2, -0.15) is 5.10 Å².